The van der Waals surface area contributed by atoms with Gasteiger partial charge in [-0.2, -0.15) is 0 Å². The van der Waals surface area contributed by atoms with Gasteiger partial charge in [-0.1, -0.05) is 12.8 Å². The largest absolute Gasteiger partial charge is 0.481 e. The molecule has 98 valence electrons. The predicted octanol–water partition coefficient (Wildman–Crippen LogP) is 1.74. The van der Waals surface area contributed by atoms with Gasteiger partial charge in [-0.15, -0.1) is 0 Å². The normalized spacial score (nSPS) is 26.4. The minimum atomic E-state index is -0.634. The molecule has 0 aromatic rings. The van der Waals surface area contributed by atoms with Crippen LogP contribution in [0.1, 0.15) is 38.5 Å². The molecule has 2 fully saturated rings. The van der Waals surface area contributed by atoms with E-state index in [1.807, 2.05) is 0 Å². The number of hydrogen-bond donors (Lipinski definition) is 1. The quantitative estimate of drug-likeness (QED) is 0.817. The van der Waals surface area contributed by atoms with E-state index in [4.69, 9.17) is 4.74 Å². The Morgan fingerprint density at radius 2 is 1.71 bits per heavy atom. The molecule has 0 unspecified atom stereocenters. The van der Waals surface area contributed by atoms with Crippen LogP contribution in [-0.2, 0) is 9.53 Å². The van der Waals surface area contributed by atoms with Crippen LogP contribution in [0.4, 0.5) is 0 Å². The number of carboxylic acid groups (broad SMARTS) is 1. The first-order chi connectivity index (χ1) is 8.23. The van der Waals surface area contributed by atoms with Gasteiger partial charge in [0.25, 0.3) is 0 Å². The van der Waals surface area contributed by atoms with Gasteiger partial charge in [0.05, 0.1) is 5.41 Å². The van der Waals surface area contributed by atoms with E-state index in [1.165, 1.54) is 25.7 Å². The second kappa shape index (κ2) is 5.83. The van der Waals surface area contributed by atoms with E-state index in [0.29, 0.717) is 32.6 Å². The van der Waals surface area contributed by atoms with Crippen LogP contribution in [-0.4, -0.2) is 48.8 Å². The molecule has 0 radical (unpaired) electrons. The number of nitrogens with zero attached hydrogens (tertiary/aromatic N) is 1. The van der Waals surface area contributed by atoms with Crippen LogP contribution in [0.2, 0.25) is 0 Å². The second-order valence-corrected chi connectivity index (χ2v) is 5.39. The lowest BCUT2D eigenvalue weighted by Crippen LogP contribution is -2.47. The lowest BCUT2D eigenvalue weighted by molar-refractivity contribution is -0.156. The van der Waals surface area contributed by atoms with Crippen LogP contribution in [0.25, 0.3) is 0 Å². The maximum atomic E-state index is 11.6. The van der Waals surface area contributed by atoms with E-state index in [1.54, 1.807) is 0 Å². The minimum absolute atomic E-state index is 0.553. The summed E-state index contributed by atoms with van der Waals surface area (Å²) in [6, 6.07) is 0. The molecule has 0 aromatic carbocycles. The van der Waals surface area contributed by atoms with Crippen molar-refractivity contribution in [3.05, 3.63) is 0 Å². The highest BCUT2D eigenvalue weighted by molar-refractivity contribution is 5.75. The lowest BCUT2D eigenvalue weighted by Gasteiger charge is -2.37. The molecule has 4 heteroatoms. The predicted molar refractivity (Wildman–Crippen MR) is 65.0 cm³/mol. The number of likely N-dealkylation sites (tertiary alicyclic amines) is 1. The molecular weight excluding hydrogens is 218 g/mol. The third-order valence-electron chi connectivity index (χ3n) is 4.13. The van der Waals surface area contributed by atoms with Crippen molar-refractivity contribution in [3.8, 4) is 0 Å². The van der Waals surface area contributed by atoms with Crippen molar-refractivity contribution in [1.29, 1.82) is 0 Å². The maximum Gasteiger partial charge on any atom is 0.311 e. The summed E-state index contributed by atoms with van der Waals surface area (Å²) in [5.41, 5.74) is -0.553. The molecule has 1 N–H and O–H groups in total. The van der Waals surface area contributed by atoms with E-state index in [2.05, 4.69) is 4.90 Å². The van der Waals surface area contributed by atoms with Crippen molar-refractivity contribution in [2.45, 2.75) is 38.5 Å². The van der Waals surface area contributed by atoms with Crippen LogP contribution in [0.5, 0.6) is 0 Å². The van der Waals surface area contributed by atoms with Gasteiger partial charge in [0.1, 0.15) is 0 Å². The molecule has 0 bridgehead atoms. The van der Waals surface area contributed by atoms with Crippen molar-refractivity contribution >= 4 is 5.97 Å². The van der Waals surface area contributed by atoms with E-state index < -0.39 is 11.4 Å². The van der Waals surface area contributed by atoms with Gasteiger partial charge in [-0.05, 0) is 38.8 Å². The Balaban J connectivity index is 1.98. The zero-order valence-electron chi connectivity index (χ0n) is 10.5. The number of carbonyl (C=O) groups is 1. The highest BCUT2D eigenvalue weighted by Crippen LogP contribution is 2.32. The van der Waals surface area contributed by atoms with E-state index in [-0.39, 0.29) is 0 Å². The Morgan fingerprint density at radius 1 is 1.12 bits per heavy atom. The fourth-order valence-electron chi connectivity index (χ4n) is 2.92. The van der Waals surface area contributed by atoms with Crippen LogP contribution in [0.3, 0.4) is 0 Å². The molecule has 17 heavy (non-hydrogen) atoms. The van der Waals surface area contributed by atoms with Crippen molar-refractivity contribution in [3.63, 3.8) is 0 Å². The fourth-order valence-corrected chi connectivity index (χ4v) is 2.92. The maximum absolute atomic E-state index is 11.6. The molecule has 0 aliphatic carbocycles. The van der Waals surface area contributed by atoms with E-state index >= 15 is 0 Å². The Kier molecular flexibility index (Phi) is 4.40. The molecule has 2 rings (SSSR count). The number of hydrogen-bond acceptors (Lipinski definition) is 3. The molecule has 4 nitrogen and oxygen atoms in total. The van der Waals surface area contributed by atoms with Crippen LogP contribution < -0.4 is 0 Å². The van der Waals surface area contributed by atoms with E-state index in [9.17, 15) is 9.90 Å². The summed E-state index contributed by atoms with van der Waals surface area (Å²) in [6.07, 6.45) is 6.34. The summed E-state index contributed by atoms with van der Waals surface area (Å²) in [6.45, 7) is 4.04. The Morgan fingerprint density at radius 3 is 2.24 bits per heavy atom. The third kappa shape index (κ3) is 3.19. The van der Waals surface area contributed by atoms with Crippen molar-refractivity contribution in [1.82, 2.24) is 4.90 Å². The smallest absolute Gasteiger partial charge is 0.311 e. The second-order valence-electron chi connectivity index (χ2n) is 5.39. The minimum Gasteiger partial charge on any atom is -0.481 e. The van der Waals surface area contributed by atoms with Gasteiger partial charge < -0.3 is 14.7 Å². The third-order valence-corrected chi connectivity index (χ3v) is 4.13. The summed E-state index contributed by atoms with van der Waals surface area (Å²) < 4.78 is 5.31. The topological polar surface area (TPSA) is 49.8 Å². The van der Waals surface area contributed by atoms with Gasteiger partial charge >= 0.3 is 5.97 Å². The molecule has 0 amide bonds. The standard InChI is InChI=1S/C13H23NO3/c15-12(16)13(5-9-17-10-6-13)11-14-7-3-1-2-4-8-14/h1-11H2,(H,15,16). The monoisotopic (exact) mass is 241 g/mol. The van der Waals surface area contributed by atoms with Crippen LogP contribution >= 0.6 is 0 Å². The summed E-state index contributed by atoms with van der Waals surface area (Å²) in [4.78, 5) is 13.9. The SMILES string of the molecule is O=C(O)C1(CN2CCCCCC2)CCOCC1. The van der Waals surface area contributed by atoms with Gasteiger partial charge in [0.15, 0.2) is 0 Å². The zero-order chi connectivity index (χ0) is 12.1. The molecule has 0 atom stereocenters. The summed E-state index contributed by atoms with van der Waals surface area (Å²) in [5, 5.41) is 9.51. The lowest BCUT2D eigenvalue weighted by atomic mass is 9.79. The summed E-state index contributed by atoms with van der Waals surface area (Å²) in [5.74, 6) is -0.634. The molecule has 0 aromatic heterocycles. The summed E-state index contributed by atoms with van der Waals surface area (Å²) >= 11 is 0. The highest BCUT2D eigenvalue weighted by Gasteiger charge is 2.41. The number of carboxylic acids is 1. The van der Waals surface area contributed by atoms with Gasteiger partial charge in [0.2, 0.25) is 0 Å². The summed E-state index contributed by atoms with van der Waals surface area (Å²) in [7, 11) is 0. The average molecular weight is 241 g/mol. The molecule has 0 spiro atoms. The zero-order valence-corrected chi connectivity index (χ0v) is 10.5. The fraction of sp³-hybridized carbons (Fsp3) is 0.923. The van der Waals surface area contributed by atoms with Crippen LogP contribution in [0, 0.1) is 5.41 Å². The molecule has 2 heterocycles. The first-order valence-corrected chi connectivity index (χ1v) is 6.76. The van der Waals surface area contributed by atoms with Crippen molar-refractivity contribution in [2.24, 2.45) is 5.41 Å². The Hall–Kier alpha value is -0.610. The average Bonchev–Trinajstić information content (AvgIpc) is 2.59. The van der Waals surface area contributed by atoms with Crippen molar-refractivity contribution in [2.75, 3.05) is 32.8 Å². The number of rotatable bonds is 3. The highest BCUT2D eigenvalue weighted by atomic mass is 16.5. The molecule has 2 aliphatic rings. The number of aliphatic carboxylic acids is 1. The van der Waals surface area contributed by atoms with Gasteiger partial charge in [-0.3, -0.25) is 4.79 Å². The molecule has 2 saturated heterocycles. The Bertz CT molecular complexity index is 253. The molecule has 0 saturated carbocycles. The first-order valence-electron chi connectivity index (χ1n) is 6.76. The van der Waals surface area contributed by atoms with Gasteiger partial charge in [0, 0.05) is 19.8 Å². The molecular formula is C13H23NO3. The van der Waals surface area contributed by atoms with Crippen LogP contribution in [0.15, 0.2) is 0 Å². The Labute approximate surface area is 103 Å². The van der Waals surface area contributed by atoms with Crippen molar-refractivity contribution < 1.29 is 14.6 Å². The first kappa shape index (κ1) is 12.8. The van der Waals surface area contributed by atoms with E-state index in [0.717, 1.165) is 13.1 Å². The number of ether oxygens (including phenoxy) is 1. The molecule has 2 aliphatic heterocycles. The van der Waals surface area contributed by atoms with Gasteiger partial charge in [-0.25, -0.2) is 0 Å².